The number of ether oxygens (including phenoxy) is 1. The number of aromatic nitrogens is 4. The van der Waals surface area contributed by atoms with Crippen LogP contribution in [0.2, 0.25) is 0 Å². The molecule has 1 atom stereocenters. The van der Waals surface area contributed by atoms with Crippen molar-refractivity contribution in [3.05, 3.63) is 36.4 Å². The smallest absolute Gasteiger partial charge is 0.225 e. The molecule has 0 saturated carbocycles. The minimum atomic E-state index is -0.0368. The number of nitrogens with zero attached hydrogens (tertiary/aromatic N) is 4. The summed E-state index contributed by atoms with van der Waals surface area (Å²) in [7, 11) is 0. The third kappa shape index (κ3) is 2.83. The van der Waals surface area contributed by atoms with Crippen LogP contribution in [0.15, 0.2) is 30.7 Å². The molecule has 104 valence electrons. The Hall–Kier alpha value is -2.28. The van der Waals surface area contributed by atoms with Crippen molar-refractivity contribution >= 4 is 5.91 Å². The molecule has 1 aliphatic heterocycles. The molecule has 2 aromatic rings. The second kappa shape index (κ2) is 5.79. The van der Waals surface area contributed by atoms with Crippen molar-refractivity contribution in [2.45, 2.75) is 13.0 Å². The summed E-state index contributed by atoms with van der Waals surface area (Å²) >= 11 is 0. The number of rotatable bonds is 4. The van der Waals surface area contributed by atoms with Gasteiger partial charge < -0.3 is 10.1 Å². The molecule has 0 aliphatic carbocycles. The molecule has 20 heavy (non-hydrogen) atoms. The maximum absolute atomic E-state index is 11.8. The summed E-state index contributed by atoms with van der Waals surface area (Å²) in [5.41, 5.74) is 1.60. The molecule has 0 spiro atoms. The second-order valence-corrected chi connectivity index (χ2v) is 4.64. The average molecular weight is 273 g/mol. The van der Waals surface area contributed by atoms with Gasteiger partial charge in [0.15, 0.2) is 0 Å². The molecule has 7 nitrogen and oxygen atoms in total. The van der Waals surface area contributed by atoms with E-state index in [2.05, 4.69) is 20.6 Å². The van der Waals surface area contributed by atoms with E-state index in [9.17, 15) is 4.79 Å². The zero-order valence-electron chi connectivity index (χ0n) is 10.9. The van der Waals surface area contributed by atoms with E-state index in [1.165, 1.54) is 0 Å². The molecule has 1 N–H and O–H groups in total. The van der Waals surface area contributed by atoms with Gasteiger partial charge in [0.1, 0.15) is 5.69 Å². The number of nitrogens with one attached hydrogen (secondary N) is 1. The lowest BCUT2D eigenvalue weighted by atomic mass is 10.1. The topological polar surface area (TPSA) is 81.9 Å². The Kier molecular flexibility index (Phi) is 3.69. The molecular weight excluding hydrogens is 258 g/mol. The molecule has 1 fully saturated rings. The highest BCUT2D eigenvalue weighted by Gasteiger charge is 2.23. The van der Waals surface area contributed by atoms with Gasteiger partial charge in [-0.05, 0) is 18.6 Å². The van der Waals surface area contributed by atoms with E-state index in [0.717, 1.165) is 12.1 Å². The van der Waals surface area contributed by atoms with Crippen molar-refractivity contribution in [2.75, 3.05) is 13.2 Å². The van der Waals surface area contributed by atoms with Crippen LogP contribution >= 0.6 is 0 Å². The summed E-state index contributed by atoms with van der Waals surface area (Å²) in [6.07, 6.45) is 5.97. The van der Waals surface area contributed by atoms with Crippen molar-refractivity contribution in [3.8, 4) is 5.69 Å². The van der Waals surface area contributed by atoms with Crippen LogP contribution in [0.1, 0.15) is 12.1 Å². The van der Waals surface area contributed by atoms with Crippen LogP contribution in [-0.4, -0.2) is 39.1 Å². The lowest BCUT2D eigenvalue weighted by Gasteiger charge is -2.07. The van der Waals surface area contributed by atoms with Gasteiger partial charge in [0.2, 0.25) is 5.91 Å². The zero-order chi connectivity index (χ0) is 13.8. The number of pyridine rings is 1. The van der Waals surface area contributed by atoms with Gasteiger partial charge in [-0.3, -0.25) is 9.78 Å². The summed E-state index contributed by atoms with van der Waals surface area (Å²) in [5, 5.41) is 10.9. The van der Waals surface area contributed by atoms with Crippen LogP contribution in [-0.2, 0) is 16.1 Å². The van der Waals surface area contributed by atoms with Gasteiger partial charge in [-0.2, -0.15) is 0 Å². The van der Waals surface area contributed by atoms with Crippen LogP contribution in [0.5, 0.6) is 0 Å². The Bertz CT molecular complexity index is 577. The Morgan fingerprint density at radius 3 is 3.05 bits per heavy atom. The molecule has 1 amide bonds. The lowest BCUT2D eigenvalue weighted by molar-refractivity contribution is -0.125. The van der Waals surface area contributed by atoms with E-state index >= 15 is 0 Å². The first-order valence-corrected chi connectivity index (χ1v) is 6.50. The van der Waals surface area contributed by atoms with Crippen molar-refractivity contribution in [1.29, 1.82) is 0 Å². The zero-order valence-corrected chi connectivity index (χ0v) is 10.9. The van der Waals surface area contributed by atoms with Crippen molar-refractivity contribution in [3.63, 3.8) is 0 Å². The van der Waals surface area contributed by atoms with Gasteiger partial charge in [-0.15, -0.1) is 5.10 Å². The Morgan fingerprint density at radius 1 is 1.45 bits per heavy atom. The van der Waals surface area contributed by atoms with E-state index in [1.807, 2.05) is 12.1 Å². The first kappa shape index (κ1) is 12.7. The molecule has 3 heterocycles. The van der Waals surface area contributed by atoms with Crippen LogP contribution in [0.25, 0.3) is 5.69 Å². The summed E-state index contributed by atoms with van der Waals surface area (Å²) in [5.74, 6) is -0.0220. The number of carbonyl (C=O) groups is 1. The standard InChI is InChI=1S/C13H15N5O2/c19-13(10-3-6-20-9-10)15-7-11-8-18(17-16-11)12-1-4-14-5-2-12/h1-2,4-5,8,10H,3,6-7,9H2,(H,15,19). The molecule has 7 heteroatoms. The third-order valence-electron chi connectivity index (χ3n) is 3.21. The Balaban J connectivity index is 1.59. The largest absolute Gasteiger partial charge is 0.381 e. The first-order valence-electron chi connectivity index (χ1n) is 6.50. The summed E-state index contributed by atoms with van der Waals surface area (Å²) in [6.45, 7) is 1.55. The van der Waals surface area contributed by atoms with Crippen molar-refractivity contribution in [1.82, 2.24) is 25.3 Å². The SMILES string of the molecule is O=C(NCc1cn(-c2ccncc2)nn1)C1CCOC1. The minimum absolute atomic E-state index is 0.0148. The van der Waals surface area contributed by atoms with Gasteiger partial charge >= 0.3 is 0 Å². The summed E-state index contributed by atoms with van der Waals surface area (Å²) < 4.78 is 6.85. The number of amides is 1. The molecule has 2 aromatic heterocycles. The molecule has 0 aromatic carbocycles. The average Bonchev–Trinajstić information content (AvgIpc) is 3.17. The molecular formula is C13H15N5O2. The lowest BCUT2D eigenvalue weighted by Crippen LogP contribution is -2.30. The van der Waals surface area contributed by atoms with E-state index < -0.39 is 0 Å². The fourth-order valence-corrected chi connectivity index (χ4v) is 2.07. The Morgan fingerprint density at radius 2 is 2.30 bits per heavy atom. The normalized spacial score (nSPS) is 18.1. The minimum Gasteiger partial charge on any atom is -0.381 e. The number of hydrogen-bond acceptors (Lipinski definition) is 5. The maximum atomic E-state index is 11.8. The molecule has 1 unspecified atom stereocenters. The van der Waals surface area contributed by atoms with Gasteiger partial charge in [-0.25, -0.2) is 4.68 Å². The predicted molar refractivity (Wildman–Crippen MR) is 69.9 cm³/mol. The molecule has 0 bridgehead atoms. The highest BCUT2D eigenvalue weighted by atomic mass is 16.5. The van der Waals surface area contributed by atoms with Gasteiger partial charge in [0, 0.05) is 19.0 Å². The first-order chi connectivity index (χ1) is 9.83. The van der Waals surface area contributed by atoms with Gasteiger partial charge in [0.25, 0.3) is 0 Å². The summed E-state index contributed by atoms with van der Waals surface area (Å²) in [6, 6.07) is 3.68. The molecule has 3 rings (SSSR count). The molecule has 0 radical (unpaired) electrons. The summed E-state index contributed by atoms with van der Waals surface area (Å²) in [4.78, 5) is 15.8. The second-order valence-electron chi connectivity index (χ2n) is 4.64. The van der Waals surface area contributed by atoms with Crippen LogP contribution in [0.4, 0.5) is 0 Å². The van der Waals surface area contributed by atoms with Crippen LogP contribution in [0.3, 0.4) is 0 Å². The monoisotopic (exact) mass is 273 g/mol. The van der Waals surface area contributed by atoms with Crippen molar-refractivity contribution in [2.24, 2.45) is 5.92 Å². The molecule has 1 saturated heterocycles. The van der Waals surface area contributed by atoms with E-state index in [4.69, 9.17) is 4.74 Å². The maximum Gasteiger partial charge on any atom is 0.225 e. The van der Waals surface area contributed by atoms with E-state index in [1.54, 1.807) is 23.3 Å². The third-order valence-corrected chi connectivity index (χ3v) is 3.21. The fraction of sp³-hybridized carbons (Fsp3) is 0.385. The Labute approximate surface area is 116 Å². The van der Waals surface area contributed by atoms with Crippen LogP contribution in [0, 0.1) is 5.92 Å². The quantitative estimate of drug-likeness (QED) is 0.867. The number of hydrogen-bond donors (Lipinski definition) is 1. The van der Waals surface area contributed by atoms with Gasteiger partial charge in [-0.1, -0.05) is 5.21 Å². The highest BCUT2D eigenvalue weighted by Crippen LogP contribution is 2.12. The fourth-order valence-electron chi connectivity index (χ4n) is 2.07. The predicted octanol–water partition coefficient (Wildman–Crippen LogP) is 0.315. The highest BCUT2D eigenvalue weighted by molar-refractivity contribution is 5.78. The van der Waals surface area contributed by atoms with Gasteiger partial charge in [0.05, 0.1) is 31.0 Å². The van der Waals surface area contributed by atoms with Crippen LogP contribution < -0.4 is 5.32 Å². The van der Waals surface area contributed by atoms with E-state index in [0.29, 0.717) is 25.5 Å². The number of carbonyl (C=O) groups excluding carboxylic acids is 1. The van der Waals surface area contributed by atoms with Crippen molar-refractivity contribution < 1.29 is 9.53 Å². The molecule has 1 aliphatic rings. The van der Waals surface area contributed by atoms with E-state index in [-0.39, 0.29) is 11.8 Å².